The minimum atomic E-state index is 0.284. The summed E-state index contributed by atoms with van der Waals surface area (Å²) >= 11 is 0. The second-order valence-electron chi connectivity index (χ2n) is 2.44. The maximum Gasteiger partial charge on any atom is 0.0684 e. The van der Waals surface area contributed by atoms with Crippen molar-refractivity contribution in [1.29, 1.82) is 0 Å². The zero-order valence-electron chi connectivity index (χ0n) is 6.98. The van der Waals surface area contributed by atoms with Crippen molar-refractivity contribution in [3.05, 3.63) is 0 Å². The minimum Gasteiger partial charge on any atom is -0.304 e. The first-order valence-corrected chi connectivity index (χ1v) is 4.04. The normalized spacial score (nSPS) is 12.5. The molecule has 1 unspecified atom stereocenters. The van der Waals surface area contributed by atoms with Crippen LogP contribution in [0.4, 0.5) is 0 Å². The van der Waals surface area contributed by atoms with Gasteiger partial charge in [-0.2, -0.15) is 0 Å². The maximum absolute atomic E-state index is 5.25. The first kappa shape index (κ1) is 9.52. The van der Waals surface area contributed by atoms with Gasteiger partial charge in [-0.15, -0.1) is 6.42 Å². The number of unbranched alkanes of at least 4 members (excludes halogenated alkanes) is 1. The molecule has 1 nitrogen and oxygen atoms in total. The molecule has 58 valence electrons. The van der Waals surface area contributed by atoms with Crippen LogP contribution in [0.3, 0.4) is 0 Å². The molecule has 0 bridgehead atoms. The smallest absolute Gasteiger partial charge is 0.0684 e. The quantitative estimate of drug-likeness (QED) is 0.452. The van der Waals surface area contributed by atoms with Gasteiger partial charge in [-0.3, -0.25) is 0 Å². The largest absolute Gasteiger partial charge is 0.304 e. The molecule has 0 aromatic heterocycles. The van der Waals surface area contributed by atoms with Gasteiger partial charge in [-0.25, -0.2) is 0 Å². The highest BCUT2D eigenvalue weighted by molar-refractivity contribution is 4.97. The Kier molecular flexibility index (Phi) is 6.32. The molecule has 0 saturated heterocycles. The van der Waals surface area contributed by atoms with Crippen molar-refractivity contribution in [3.8, 4) is 12.3 Å². The summed E-state index contributed by atoms with van der Waals surface area (Å²) < 4.78 is 0. The van der Waals surface area contributed by atoms with Gasteiger partial charge in [0.15, 0.2) is 0 Å². The van der Waals surface area contributed by atoms with Crippen LogP contribution in [0.2, 0.25) is 0 Å². The van der Waals surface area contributed by atoms with E-state index >= 15 is 0 Å². The fourth-order valence-electron chi connectivity index (χ4n) is 0.774. The molecule has 0 aliphatic carbocycles. The van der Waals surface area contributed by atoms with E-state index in [4.69, 9.17) is 6.42 Å². The Morgan fingerprint density at radius 2 is 2.20 bits per heavy atom. The van der Waals surface area contributed by atoms with Crippen LogP contribution in [0.25, 0.3) is 0 Å². The Morgan fingerprint density at radius 3 is 2.60 bits per heavy atom. The van der Waals surface area contributed by atoms with Crippen LogP contribution in [-0.2, 0) is 0 Å². The van der Waals surface area contributed by atoms with E-state index in [0.717, 1.165) is 13.0 Å². The number of terminal acetylenes is 1. The molecule has 0 aromatic rings. The summed E-state index contributed by atoms with van der Waals surface area (Å²) in [5.41, 5.74) is 0. The summed E-state index contributed by atoms with van der Waals surface area (Å²) in [5, 5.41) is 3.28. The van der Waals surface area contributed by atoms with E-state index < -0.39 is 0 Å². The van der Waals surface area contributed by atoms with Crippen LogP contribution >= 0.6 is 0 Å². The van der Waals surface area contributed by atoms with Gasteiger partial charge in [-0.05, 0) is 19.4 Å². The summed E-state index contributed by atoms with van der Waals surface area (Å²) in [6.07, 6.45) is 8.73. The van der Waals surface area contributed by atoms with Crippen molar-refractivity contribution < 1.29 is 0 Å². The first-order valence-electron chi connectivity index (χ1n) is 4.04. The van der Waals surface area contributed by atoms with Crippen molar-refractivity contribution in [3.63, 3.8) is 0 Å². The van der Waals surface area contributed by atoms with E-state index in [9.17, 15) is 0 Å². The summed E-state index contributed by atoms with van der Waals surface area (Å²) in [6, 6.07) is 0.284. The Bertz CT molecular complexity index is 102. The molecule has 0 aliphatic heterocycles. The lowest BCUT2D eigenvalue weighted by Gasteiger charge is -2.08. The van der Waals surface area contributed by atoms with Crippen LogP contribution < -0.4 is 5.32 Å². The lowest BCUT2D eigenvalue weighted by atomic mass is 10.2. The molecule has 0 fully saturated rings. The van der Waals surface area contributed by atoms with Gasteiger partial charge < -0.3 is 5.32 Å². The predicted molar refractivity (Wildman–Crippen MR) is 45.8 cm³/mol. The number of rotatable bonds is 5. The number of hydrogen-bond donors (Lipinski definition) is 1. The Morgan fingerprint density at radius 1 is 1.50 bits per heavy atom. The molecule has 0 amide bonds. The molecule has 10 heavy (non-hydrogen) atoms. The van der Waals surface area contributed by atoms with Gasteiger partial charge >= 0.3 is 0 Å². The third-order valence-corrected chi connectivity index (χ3v) is 1.53. The molecular weight excluding hydrogens is 122 g/mol. The van der Waals surface area contributed by atoms with E-state index in [1.165, 1.54) is 12.8 Å². The average Bonchev–Trinajstić information content (AvgIpc) is 1.99. The van der Waals surface area contributed by atoms with Crippen LogP contribution in [0, 0.1) is 12.3 Å². The van der Waals surface area contributed by atoms with E-state index in [2.05, 4.69) is 25.1 Å². The van der Waals surface area contributed by atoms with Gasteiger partial charge in [0.1, 0.15) is 0 Å². The molecule has 1 atom stereocenters. The van der Waals surface area contributed by atoms with Gasteiger partial charge in [0, 0.05) is 0 Å². The van der Waals surface area contributed by atoms with E-state index in [1.54, 1.807) is 0 Å². The summed E-state index contributed by atoms with van der Waals surface area (Å²) in [4.78, 5) is 0. The molecule has 0 spiro atoms. The van der Waals surface area contributed by atoms with Crippen molar-refractivity contribution in [1.82, 2.24) is 5.32 Å². The molecule has 1 heteroatoms. The Labute approximate surface area is 64.2 Å². The molecule has 0 aromatic carbocycles. The van der Waals surface area contributed by atoms with Gasteiger partial charge in [0.05, 0.1) is 6.04 Å². The van der Waals surface area contributed by atoms with Gasteiger partial charge in [-0.1, -0.05) is 26.2 Å². The highest BCUT2D eigenvalue weighted by atomic mass is 14.9. The summed E-state index contributed by atoms with van der Waals surface area (Å²) in [5.74, 6) is 2.70. The number of hydrogen-bond acceptors (Lipinski definition) is 1. The minimum absolute atomic E-state index is 0.284. The van der Waals surface area contributed by atoms with Gasteiger partial charge in [0.25, 0.3) is 0 Å². The molecule has 0 aliphatic rings. The van der Waals surface area contributed by atoms with Crippen LogP contribution in [0.1, 0.15) is 33.1 Å². The number of nitrogens with one attached hydrogen (secondary N) is 1. The lowest BCUT2D eigenvalue weighted by Crippen LogP contribution is -2.27. The maximum atomic E-state index is 5.25. The molecule has 0 heterocycles. The van der Waals surface area contributed by atoms with Crippen molar-refractivity contribution in [2.75, 3.05) is 6.54 Å². The molecule has 0 saturated carbocycles. The second kappa shape index (κ2) is 6.64. The van der Waals surface area contributed by atoms with E-state index in [1.807, 2.05) is 0 Å². The van der Waals surface area contributed by atoms with Gasteiger partial charge in [0.2, 0.25) is 0 Å². The third-order valence-electron chi connectivity index (χ3n) is 1.53. The fourth-order valence-corrected chi connectivity index (χ4v) is 0.774. The van der Waals surface area contributed by atoms with Crippen LogP contribution in [0.15, 0.2) is 0 Å². The Hall–Kier alpha value is -0.480. The zero-order valence-corrected chi connectivity index (χ0v) is 6.98. The zero-order chi connectivity index (χ0) is 7.82. The molecule has 0 rings (SSSR count). The van der Waals surface area contributed by atoms with Crippen molar-refractivity contribution in [2.24, 2.45) is 0 Å². The fraction of sp³-hybridized carbons (Fsp3) is 0.778. The summed E-state index contributed by atoms with van der Waals surface area (Å²) in [6.45, 7) is 5.33. The monoisotopic (exact) mass is 139 g/mol. The predicted octanol–water partition coefficient (Wildman–Crippen LogP) is 1.79. The van der Waals surface area contributed by atoms with Crippen LogP contribution in [0.5, 0.6) is 0 Å². The molecular formula is C9H17N. The van der Waals surface area contributed by atoms with Crippen molar-refractivity contribution in [2.45, 2.75) is 39.2 Å². The first-order chi connectivity index (χ1) is 4.85. The molecule has 1 N–H and O–H groups in total. The van der Waals surface area contributed by atoms with Crippen molar-refractivity contribution >= 4 is 0 Å². The SMILES string of the molecule is C#CC(CC)NCCCC. The molecule has 0 radical (unpaired) electrons. The second-order valence-corrected chi connectivity index (χ2v) is 2.44. The van der Waals surface area contributed by atoms with Crippen LogP contribution in [-0.4, -0.2) is 12.6 Å². The lowest BCUT2D eigenvalue weighted by molar-refractivity contribution is 0.570. The third kappa shape index (κ3) is 4.40. The summed E-state index contributed by atoms with van der Waals surface area (Å²) in [7, 11) is 0. The van der Waals surface area contributed by atoms with E-state index in [-0.39, 0.29) is 6.04 Å². The highest BCUT2D eigenvalue weighted by Gasteiger charge is 1.96. The highest BCUT2D eigenvalue weighted by Crippen LogP contribution is 1.89. The standard InChI is InChI=1S/C9H17N/c1-4-7-8-10-9(5-2)6-3/h2,9-10H,4,6-8H2,1,3H3. The topological polar surface area (TPSA) is 12.0 Å². The Balaban J connectivity index is 3.20. The average molecular weight is 139 g/mol. The van der Waals surface area contributed by atoms with E-state index in [0.29, 0.717) is 0 Å².